The zero-order chi connectivity index (χ0) is 29.5. The Balaban J connectivity index is 1.52. The number of nitrogens with one attached hydrogen (secondary N) is 2. The Morgan fingerprint density at radius 1 is 1.05 bits per heavy atom. The Kier molecular flexibility index (Phi) is 7.39. The zero-order valence-corrected chi connectivity index (χ0v) is 22.3. The van der Waals surface area contributed by atoms with E-state index in [9.17, 15) is 27.2 Å². The van der Waals surface area contributed by atoms with Crippen molar-refractivity contribution in [2.24, 2.45) is 0 Å². The van der Waals surface area contributed by atoms with E-state index in [0.29, 0.717) is 34.3 Å². The topological polar surface area (TPSA) is 109 Å². The quantitative estimate of drug-likeness (QED) is 0.286. The third-order valence-electron chi connectivity index (χ3n) is 6.24. The molecule has 3 aromatic heterocycles. The second kappa shape index (κ2) is 10.8. The molecule has 9 nitrogen and oxygen atoms in total. The van der Waals surface area contributed by atoms with E-state index >= 15 is 0 Å². The van der Waals surface area contributed by atoms with Gasteiger partial charge in [0.2, 0.25) is 0 Å². The molecule has 41 heavy (non-hydrogen) atoms. The zero-order valence-electron chi connectivity index (χ0n) is 22.3. The molecule has 1 aromatic carbocycles. The van der Waals surface area contributed by atoms with E-state index in [1.54, 1.807) is 20.8 Å². The Morgan fingerprint density at radius 2 is 1.76 bits per heavy atom. The van der Waals surface area contributed by atoms with Crippen molar-refractivity contribution < 1.29 is 36.6 Å². The van der Waals surface area contributed by atoms with Gasteiger partial charge in [0.1, 0.15) is 40.4 Å². The highest BCUT2D eigenvalue weighted by Gasteiger charge is 2.28. The normalized spacial score (nSPS) is 12.9. The fourth-order valence-electron chi connectivity index (χ4n) is 4.43. The van der Waals surface area contributed by atoms with E-state index < -0.39 is 59.5 Å². The van der Waals surface area contributed by atoms with E-state index in [2.05, 4.69) is 20.3 Å². The number of pyridine rings is 2. The predicted octanol–water partition coefficient (Wildman–Crippen LogP) is 5.73. The molecule has 0 radical (unpaired) electrons. The van der Waals surface area contributed by atoms with E-state index in [0.717, 1.165) is 11.0 Å². The lowest BCUT2D eigenvalue weighted by Gasteiger charge is -2.23. The largest absolute Gasteiger partial charge is 0.444 e. The third kappa shape index (κ3) is 5.99. The summed E-state index contributed by atoms with van der Waals surface area (Å²) in [5.74, 6) is -4.81. The number of hydrogen-bond donors (Lipinski definition) is 2. The molecule has 0 unspecified atom stereocenters. The number of aromatic nitrogens is 3. The minimum Gasteiger partial charge on any atom is -0.444 e. The molecule has 0 bridgehead atoms. The molecular weight excluding hydrogens is 546 g/mol. The second-order valence-electron chi connectivity index (χ2n) is 10.4. The summed E-state index contributed by atoms with van der Waals surface area (Å²) in [7, 11) is 0. The number of aromatic amines is 1. The summed E-state index contributed by atoms with van der Waals surface area (Å²) in [4.78, 5) is 38.5. The van der Waals surface area contributed by atoms with Gasteiger partial charge in [0, 0.05) is 35.0 Å². The lowest BCUT2D eigenvalue weighted by atomic mass is 10.1. The van der Waals surface area contributed by atoms with Crippen LogP contribution in [0.4, 0.5) is 28.2 Å². The van der Waals surface area contributed by atoms with Gasteiger partial charge in [-0.2, -0.15) is 0 Å². The molecule has 0 atom stereocenters. The molecule has 0 saturated carbocycles. The van der Waals surface area contributed by atoms with Crippen molar-refractivity contribution >= 4 is 28.9 Å². The van der Waals surface area contributed by atoms with Crippen LogP contribution >= 0.6 is 0 Å². The summed E-state index contributed by atoms with van der Waals surface area (Å²) in [5.41, 5.74) is 0.493. The molecule has 1 aliphatic rings. The van der Waals surface area contributed by atoms with Crippen LogP contribution in [0.5, 0.6) is 0 Å². The van der Waals surface area contributed by atoms with Crippen molar-refractivity contribution in [1.82, 2.24) is 19.9 Å². The van der Waals surface area contributed by atoms with Crippen molar-refractivity contribution in [2.45, 2.75) is 52.7 Å². The molecule has 1 aliphatic heterocycles. The minimum atomic E-state index is -1.20. The Hall–Kier alpha value is -4.52. The van der Waals surface area contributed by atoms with Crippen LogP contribution in [-0.4, -0.2) is 37.5 Å². The van der Waals surface area contributed by atoms with Gasteiger partial charge in [0.25, 0.3) is 5.91 Å². The molecule has 5 rings (SSSR count). The van der Waals surface area contributed by atoms with Crippen LogP contribution < -0.4 is 5.32 Å². The van der Waals surface area contributed by atoms with Crippen LogP contribution in [0, 0.1) is 23.3 Å². The van der Waals surface area contributed by atoms with Crippen molar-refractivity contribution in [3.63, 3.8) is 0 Å². The number of ether oxygens (including phenoxy) is 2. The van der Waals surface area contributed by atoms with Gasteiger partial charge in [-0.3, -0.25) is 15.1 Å². The van der Waals surface area contributed by atoms with Crippen molar-refractivity contribution in [2.75, 3.05) is 5.32 Å². The Morgan fingerprint density at radius 3 is 2.44 bits per heavy atom. The van der Waals surface area contributed by atoms with Gasteiger partial charge >= 0.3 is 6.09 Å². The molecule has 0 spiro atoms. The summed E-state index contributed by atoms with van der Waals surface area (Å²) >= 11 is 0. The summed E-state index contributed by atoms with van der Waals surface area (Å²) in [6, 6.07) is 4.89. The number of H-pyrrole nitrogens is 1. The Labute approximate surface area is 231 Å². The van der Waals surface area contributed by atoms with Gasteiger partial charge < -0.3 is 19.4 Å². The number of halogens is 4. The average molecular weight is 572 g/mol. The fourth-order valence-corrected chi connectivity index (χ4v) is 4.43. The maximum Gasteiger partial charge on any atom is 0.413 e. The van der Waals surface area contributed by atoms with Gasteiger partial charge in [-0.1, -0.05) is 0 Å². The van der Waals surface area contributed by atoms with Crippen LogP contribution in [0.3, 0.4) is 0 Å². The Bertz CT molecular complexity index is 1640. The third-order valence-corrected chi connectivity index (χ3v) is 6.24. The number of fused-ring (bicyclic) bond motifs is 3. The number of nitrogens with zero attached hydrogens (tertiary/aromatic N) is 3. The highest BCUT2D eigenvalue weighted by Crippen LogP contribution is 2.33. The molecule has 4 heterocycles. The van der Waals surface area contributed by atoms with Crippen molar-refractivity contribution in [3.05, 3.63) is 87.9 Å². The molecule has 214 valence electrons. The molecule has 2 amide bonds. The van der Waals surface area contributed by atoms with Crippen LogP contribution in [0.2, 0.25) is 0 Å². The number of carbonyl (C=O) groups is 2. The SMILES string of the molecule is CC(C)(C)OC(=O)Nc1nc2cc(C(=O)N(Cc3ncccc3F)Cc3c(F)cc(F)cc3F)[nH]c2c2c1COC2. The van der Waals surface area contributed by atoms with Gasteiger partial charge in [-0.15, -0.1) is 0 Å². The maximum absolute atomic E-state index is 14.5. The predicted molar refractivity (Wildman–Crippen MR) is 139 cm³/mol. The summed E-state index contributed by atoms with van der Waals surface area (Å²) in [6.45, 7) is 4.37. The first-order valence-electron chi connectivity index (χ1n) is 12.5. The van der Waals surface area contributed by atoms with Crippen LogP contribution in [0.1, 0.15) is 53.6 Å². The molecule has 0 saturated heterocycles. The van der Waals surface area contributed by atoms with Gasteiger partial charge in [-0.25, -0.2) is 27.3 Å². The average Bonchev–Trinajstić information content (AvgIpc) is 3.52. The highest BCUT2D eigenvalue weighted by molar-refractivity contribution is 5.99. The van der Waals surface area contributed by atoms with Crippen molar-refractivity contribution in [1.29, 1.82) is 0 Å². The number of anilines is 1. The molecule has 0 fully saturated rings. The maximum atomic E-state index is 14.5. The summed E-state index contributed by atoms with van der Waals surface area (Å²) in [5, 5.41) is 2.62. The van der Waals surface area contributed by atoms with Gasteiger partial charge in [0.05, 0.1) is 43.0 Å². The molecule has 4 aromatic rings. The van der Waals surface area contributed by atoms with E-state index in [1.165, 1.54) is 18.3 Å². The summed E-state index contributed by atoms with van der Waals surface area (Å²) in [6.07, 6.45) is 0.590. The first-order valence-corrected chi connectivity index (χ1v) is 12.5. The van der Waals surface area contributed by atoms with E-state index in [1.807, 2.05) is 0 Å². The standard InChI is InChI=1S/C28H25F4N5O4/c1-28(2,3)41-27(39)36-25-17-13-40-12-16(17)24-21(35-25)9-22(34-24)26(38)37(11-23-18(30)5-4-6-33-23)10-15-19(31)7-14(29)8-20(15)32/h4-9,34H,10-13H2,1-3H3,(H,35,36,39). The number of rotatable bonds is 6. The van der Waals surface area contributed by atoms with Crippen molar-refractivity contribution in [3.8, 4) is 0 Å². The van der Waals surface area contributed by atoms with E-state index in [4.69, 9.17) is 9.47 Å². The van der Waals surface area contributed by atoms with Crippen LogP contribution in [0.15, 0.2) is 36.5 Å². The molecule has 13 heteroatoms. The highest BCUT2D eigenvalue weighted by atomic mass is 19.1. The first kappa shape index (κ1) is 28.0. The van der Waals surface area contributed by atoms with Crippen LogP contribution in [-0.2, 0) is 35.8 Å². The minimum absolute atomic E-state index is 0.0321. The van der Waals surface area contributed by atoms with Gasteiger partial charge in [0.15, 0.2) is 0 Å². The second-order valence-corrected chi connectivity index (χ2v) is 10.4. The number of carbonyl (C=O) groups excluding carboxylic acids is 2. The lowest BCUT2D eigenvalue weighted by Crippen LogP contribution is -2.32. The smallest absolute Gasteiger partial charge is 0.413 e. The monoisotopic (exact) mass is 571 g/mol. The number of benzene rings is 1. The number of amides is 2. The lowest BCUT2D eigenvalue weighted by molar-refractivity contribution is 0.0634. The molecule has 0 aliphatic carbocycles. The number of hydrogen-bond acceptors (Lipinski definition) is 6. The summed E-state index contributed by atoms with van der Waals surface area (Å²) < 4.78 is 67.9. The molecule has 2 N–H and O–H groups in total. The first-order chi connectivity index (χ1) is 19.4. The fraction of sp³-hybridized carbons (Fsp3) is 0.286. The van der Waals surface area contributed by atoms with Gasteiger partial charge in [-0.05, 0) is 39.0 Å². The molecular formula is C28H25F4N5O4. The van der Waals surface area contributed by atoms with E-state index in [-0.39, 0.29) is 30.4 Å². The van der Waals surface area contributed by atoms with Crippen LogP contribution in [0.25, 0.3) is 11.0 Å².